The third-order valence-corrected chi connectivity index (χ3v) is 4.00. The first-order valence-electron chi connectivity index (χ1n) is 8.30. The minimum Gasteiger partial charge on any atom is -0.478 e. The first kappa shape index (κ1) is 19.2. The number of carboxylic acids is 1. The Kier molecular flexibility index (Phi) is 6.11. The molecule has 0 fully saturated rings. The van der Waals surface area contributed by atoms with Gasteiger partial charge in [0.05, 0.1) is 5.56 Å². The highest BCUT2D eigenvalue weighted by molar-refractivity contribution is 6.02. The monoisotopic (exact) mass is 354 g/mol. The van der Waals surface area contributed by atoms with Crippen molar-refractivity contribution < 1.29 is 19.5 Å². The fraction of sp³-hybridized carbons (Fsp3) is 0.250. The second kappa shape index (κ2) is 8.29. The van der Waals surface area contributed by atoms with E-state index < -0.39 is 17.9 Å². The summed E-state index contributed by atoms with van der Waals surface area (Å²) in [4.78, 5) is 36.2. The summed E-state index contributed by atoms with van der Waals surface area (Å²) in [6.45, 7) is 5.49. The number of aryl methyl sites for hydroxylation is 1. The number of carbonyl (C=O) groups excluding carboxylic acids is 2. The van der Waals surface area contributed by atoms with Crippen LogP contribution in [-0.2, 0) is 4.79 Å². The van der Waals surface area contributed by atoms with Crippen molar-refractivity contribution in [3.05, 3.63) is 65.2 Å². The van der Waals surface area contributed by atoms with Gasteiger partial charge in [-0.25, -0.2) is 4.79 Å². The van der Waals surface area contributed by atoms with Crippen LogP contribution in [0.2, 0.25) is 0 Å². The van der Waals surface area contributed by atoms with Crippen LogP contribution in [0.4, 0.5) is 5.69 Å². The smallest absolute Gasteiger partial charge is 0.335 e. The molecule has 0 radical (unpaired) electrons. The quantitative estimate of drug-likeness (QED) is 0.743. The summed E-state index contributed by atoms with van der Waals surface area (Å²) in [6, 6.07) is 12.4. The molecule has 0 spiro atoms. The summed E-state index contributed by atoms with van der Waals surface area (Å²) in [6.07, 6.45) is 0. The van der Waals surface area contributed by atoms with Crippen molar-refractivity contribution in [3.63, 3.8) is 0 Å². The van der Waals surface area contributed by atoms with Gasteiger partial charge >= 0.3 is 5.97 Å². The Morgan fingerprint density at radius 1 is 1.00 bits per heavy atom. The molecule has 0 aromatic heterocycles. The molecule has 6 nitrogen and oxygen atoms in total. The lowest BCUT2D eigenvalue weighted by molar-refractivity contribution is -0.118. The molecule has 0 saturated carbocycles. The highest BCUT2D eigenvalue weighted by atomic mass is 16.4. The van der Waals surface area contributed by atoms with Gasteiger partial charge in [-0.1, -0.05) is 38.1 Å². The molecule has 0 bridgehead atoms. The third kappa shape index (κ3) is 4.69. The Bertz CT molecular complexity index is 830. The Morgan fingerprint density at radius 3 is 2.31 bits per heavy atom. The normalized spacial score (nSPS) is 11.7. The number of anilines is 1. The van der Waals surface area contributed by atoms with Gasteiger partial charge in [-0.05, 0) is 42.7 Å². The van der Waals surface area contributed by atoms with Crippen LogP contribution in [0, 0.1) is 12.8 Å². The van der Waals surface area contributed by atoms with Gasteiger partial charge in [-0.15, -0.1) is 0 Å². The van der Waals surface area contributed by atoms with Gasteiger partial charge < -0.3 is 15.7 Å². The number of hydrogen-bond donors (Lipinski definition) is 3. The molecule has 136 valence electrons. The van der Waals surface area contributed by atoms with Gasteiger partial charge in [0.2, 0.25) is 5.91 Å². The highest BCUT2D eigenvalue weighted by Gasteiger charge is 2.25. The largest absolute Gasteiger partial charge is 0.478 e. The van der Waals surface area contributed by atoms with Gasteiger partial charge in [0.25, 0.3) is 5.91 Å². The number of carboxylic acid groups (broad SMARTS) is 1. The van der Waals surface area contributed by atoms with Gasteiger partial charge in [-0.2, -0.15) is 0 Å². The van der Waals surface area contributed by atoms with E-state index >= 15 is 0 Å². The van der Waals surface area contributed by atoms with E-state index in [1.807, 2.05) is 32.9 Å². The highest BCUT2D eigenvalue weighted by Crippen LogP contribution is 2.14. The van der Waals surface area contributed by atoms with Crippen LogP contribution in [0.1, 0.15) is 40.1 Å². The predicted molar refractivity (Wildman–Crippen MR) is 99.3 cm³/mol. The maximum absolute atomic E-state index is 12.6. The molecule has 26 heavy (non-hydrogen) atoms. The van der Waals surface area contributed by atoms with Crippen LogP contribution < -0.4 is 10.6 Å². The van der Waals surface area contributed by atoms with E-state index in [2.05, 4.69) is 10.6 Å². The molecule has 3 N–H and O–H groups in total. The zero-order valence-corrected chi connectivity index (χ0v) is 14.9. The van der Waals surface area contributed by atoms with Crippen molar-refractivity contribution in [2.75, 3.05) is 5.32 Å². The lowest BCUT2D eigenvalue weighted by Crippen LogP contribution is -2.47. The molecule has 6 heteroatoms. The maximum atomic E-state index is 12.6. The van der Waals surface area contributed by atoms with Crippen molar-refractivity contribution in [2.24, 2.45) is 5.92 Å². The second-order valence-electron chi connectivity index (χ2n) is 6.39. The average Bonchev–Trinajstić information content (AvgIpc) is 2.59. The number of benzene rings is 2. The van der Waals surface area contributed by atoms with E-state index in [9.17, 15) is 14.4 Å². The van der Waals surface area contributed by atoms with Crippen molar-refractivity contribution in [2.45, 2.75) is 26.8 Å². The van der Waals surface area contributed by atoms with E-state index in [0.717, 1.165) is 5.56 Å². The summed E-state index contributed by atoms with van der Waals surface area (Å²) in [7, 11) is 0. The first-order chi connectivity index (χ1) is 12.3. The Morgan fingerprint density at radius 2 is 1.69 bits per heavy atom. The van der Waals surface area contributed by atoms with Crippen LogP contribution in [0.3, 0.4) is 0 Å². The Labute approximate surface area is 152 Å². The molecule has 0 heterocycles. The molecule has 0 aliphatic heterocycles. The molecule has 1 atom stereocenters. The summed E-state index contributed by atoms with van der Waals surface area (Å²) in [5.74, 6) is -1.94. The number of hydrogen-bond acceptors (Lipinski definition) is 3. The van der Waals surface area contributed by atoms with Gasteiger partial charge in [0, 0.05) is 11.3 Å². The van der Waals surface area contributed by atoms with Crippen LogP contribution >= 0.6 is 0 Å². The predicted octanol–water partition coefficient (Wildman–Crippen LogP) is 3.09. The number of aromatic carboxylic acids is 1. The van der Waals surface area contributed by atoms with Crippen LogP contribution in [0.15, 0.2) is 48.5 Å². The van der Waals surface area contributed by atoms with Crippen LogP contribution in [-0.4, -0.2) is 28.9 Å². The Hall–Kier alpha value is -3.15. The van der Waals surface area contributed by atoms with Gasteiger partial charge in [0.15, 0.2) is 0 Å². The minimum absolute atomic E-state index is 0.0767. The molecule has 0 saturated heterocycles. The molecule has 2 aromatic carbocycles. The summed E-state index contributed by atoms with van der Waals surface area (Å²) >= 11 is 0. The molecule has 1 unspecified atom stereocenters. The summed E-state index contributed by atoms with van der Waals surface area (Å²) < 4.78 is 0. The Balaban J connectivity index is 2.15. The summed E-state index contributed by atoms with van der Waals surface area (Å²) in [5, 5.41) is 14.5. The van der Waals surface area contributed by atoms with Crippen LogP contribution in [0.5, 0.6) is 0 Å². The van der Waals surface area contributed by atoms with Crippen molar-refractivity contribution in [3.8, 4) is 0 Å². The number of rotatable bonds is 6. The van der Waals surface area contributed by atoms with Gasteiger partial charge in [-0.3, -0.25) is 9.59 Å². The molecular formula is C20H22N2O4. The SMILES string of the molecule is Cc1ccccc1C(=O)NC(C(=O)Nc1cccc(C(=O)O)c1)C(C)C. The van der Waals surface area contributed by atoms with E-state index in [1.54, 1.807) is 24.3 Å². The van der Waals surface area contributed by atoms with Crippen molar-refractivity contribution in [1.29, 1.82) is 0 Å². The lowest BCUT2D eigenvalue weighted by Gasteiger charge is -2.22. The third-order valence-electron chi connectivity index (χ3n) is 4.00. The molecule has 0 aliphatic rings. The van der Waals surface area contributed by atoms with Crippen molar-refractivity contribution >= 4 is 23.5 Å². The number of amides is 2. The fourth-order valence-corrected chi connectivity index (χ4v) is 2.53. The lowest BCUT2D eigenvalue weighted by atomic mass is 10.0. The molecule has 2 amide bonds. The fourth-order valence-electron chi connectivity index (χ4n) is 2.53. The van der Waals surface area contributed by atoms with E-state index in [1.165, 1.54) is 12.1 Å². The van der Waals surface area contributed by atoms with E-state index in [0.29, 0.717) is 11.3 Å². The van der Waals surface area contributed by atoms with Crippen LogP contribution in [0.25, 0.3) is 0 Å². The molecule has 2 aromatic rings. The maximum Gasteiger partial charge on any atom is 0.335 e. The van der Waals surface area contributed by atoms with Crippen molar-refractivity contribution in [1.82, 2.24) is 5.32 Å². The average molecular weight is 354 g/mol. The topological polar surface area (TPSA) is 95.5 Å². The molecular weight excluding hydrogens is 332 g/mol. The molecule has 0 aliphatic carbocycles. The molecule has 2 rings (SSSR count). The summed E-state index contributed by atoms with van der Waals surface area (Å²) in [5.41, 5.74) is 1.78. The number of carbonyl (C=O) groups is 3. The zero-order valence-electron chi connectivity index (χ0n) is 14.9. The minimum atomic E-state index is -1.07. The number of nitrogens with one attached hydrogen (secondary N) is 2. The van der Waals surface area contributed by atoms with E-state index in [4.69, 9.17) is 5.11 Å². The zero-order chi connectivity index (χ0) is 19.3. The second-order valence-corrected chi connectivity index (χ2v) is 6.39. The first-order valence-corrected chi connectivity index (χ1v) is 8.30. The van der Waals surface area contributed by atoms with Gasteiger partial charge in [0.1, 0.15) is 6.04 Å². The standard InChI is InChI=1S/C20H22N2O4/c1-12(2)17(22-18(23)16-10-5-4-7-13(16)3)19(24)21-15-9-6-8-14(11-15)20(25)26/h4-12,17H,1-3H3,(H,21,24)(H,22,23)(H,25,26). The van der Waals surface area contributed by atoms with E-state index in [-0.39, 0.29) is 17.4 Å².